The number of carbonyl (C=O) groups excluding carboxylic acids is 2. The summed E-state index contributed by atoms with van der Waals surface area (Å²) in [6.45, 7) is -0.905. The molecule has 0 atom stereocenters. The third kappa shape index (κ3) is 4.42. The van der Waals surface area contributed by atoms with E-state index in [-0.39, 0.29) is 29.0 Å². The van der Waals surface area contributed by atoms with Crippen molar-refractivity contribution in [3.63, 3.8) is 0 Å². The number of likely N-dealkylation sites (N-methyl/N-ethyl adjacent to an activating group) is 1. The highest BCUT2D eigenvalue weighted by Gasteiger charge is 2.51. The average Bonchev–Trinajstić information content (AvgIpc) is 3.18. The minimum atomic E-state index is -2.93. The van der Waals surface area contributed by atoms with Crippen LogP contribution in [0.25, 0.3) is 11.6 Å². The van der Waals surface area contributed by atoms with E-state index in [0.717, 1.165) is 15.6 Å². The highest BCUT2D eigenvalue weighted by Crippen LogP contribution is 2.54. The van der Waals surface area contributed by atoms with E-state index in [1.165, 1.54) is 19.2 Å². The van der Waals surface area contributed by atoms with E-state index in [4.69, 9.17) is 21.9 Å². The molecule has 4 rings (SSSR count). The van der Waals surface area contributed by atoms with Crippen LogP contribution in [0.4, 0.5) is 13.2 Å². The number of halogens is 4. The van der Waals surface area contributed by atoms with Crippen molar-refractivity contribution in [2.45, 2.75) is 31.2 Å². The molecule has 13 heteroatoms. The van der Waals surface area contributed by atoms with Crippen LogP contribution in [0.5, 0.6) is 0 Å². The number of amides is 2. The highest BCUT2D eigenvalue weighted by molar-refractivity contribution is 6.31. The van der Waals surface area contributed by atoms with Crippen LogP contribution in [0.2, 0.25) is 5.02 Å². The Morgan fingerprint density at radius 2 is 2.06 bits per heavy atom. The second-order valence-electron chi connectivity index (χ2n) is 7.76. The maximum atomic E-state index is 13.5. The molecule has 9 nitrogen and oxygen atoms in total. The predicted molar refractivity (Wildman–Crippen MR) is 109 cm³/mol. The fourth-order valence-electron chi connectivity index (χ4n) is 3.55. The van der Waals surface area contributed by atoms with Crippen molar-refractivity contribution >= 4 is 23.4 Å². The minimum absolute atomic E-state index is 0.0459. The Kier molecular flexibility index (Phi) is 5.87. The number of primary amides is 1. The maximum Gasteiger partial charge on any atom is 0.280 e. The molecule has 2 aromatic heterocycles. The molecule has 3 aromatic rings. The quantitative estimate of drug-likeness (QED) is 0.527. The lowest BCUT2D eigenvalue weighted by Gasteiger charge is -2.15. The highest BCUT2D eigenvalue weighted by atomic mass is 35.5. The van der Waals surface area contributed by atoms with Crippen molar-refractivity contribution in [1.29, 1.82) is 0 Å². The molecule has 2 heterocycles. The van der Waals surface area contributed by atoms with Gasteiger partial charge in [-0.25, -0.2) is 13.2 Å². The maximum absolute atomic E-state index is 13.5. The van der Waals surface area contributed by atoms with Crippen molar-refractivity contribution in [3.8, 4) is 11.6 Å². The number of hydrogen-bond donors (Lipinski definition) is 1. The van der Waals surface area contributed by atoms with Crippen molar-refractivity contribution in [1.82, 2.24) is 24.8 Å². The SMILES string of the molecule is CN(CC(N)=O)C(=O)Cn1nc(-c2nc(C3(c4ccc(F)cc4Cl)CC3)no2)cc1C(F)F. The van der Waals surface area contributed by atoms with Crippen LogP contribution in [-0.2, 0) is 21.5 Å². The van der Waals surface area contributed by atoms with Crippen LogP contribution in [0.3, 0.4) is 0 Å². The first kappa shape index (κ1) is 22.8. The average molecular weight is 483 g/mol. The number of hydrogen-bond acceptors (Lipinski definition) is 6. The first-order valence-electron chi connectivity index (χ1n) is 9.79. The van der Waals surface area contributed by atoms with Crippen LogP contribution in [0.15, 0.2) is 28.8 Å². The number of carbonyl (C=O) groups is 2. The lowest BCUT2D eigenvalue weighted by Crippen LogP contribution is -2.37. The molecule has 1 aliphatic rings. The van der Waals surface area contributed by atoms with Gasteiger partial charge in [0, 0.05) is 12.1 Å². The summed E-state index contributed by atoms with van der Waals surface area (Å²) in [6.07, 6.45) is -1.64. The van der Waals surface area contributed by atoms with Crippen molar-refractivity contribution < 1.29 is 27.3 Å². The molecular weight excluding hydrogens is 465 g/mol. The third-order valence-corrected chi connectivity index (χ3v) is 5.72. The predicted octanol–water partition coefficient (Wildman–Crippen LogP) is 2.69. The van der Waals surface area contributed by atoms with E-state index < -0.39 is 41.7 Å². The zero-order valence-electron chi connectivity index (χ0n) is 17.3. The lowest BCUT2D eigenvalue weighted by molar-refractivity contribution is -0.134. The summed E-state index contributed by atoms with van der Waals surface area (Å²) in [7, 11) is 1.32. The van der Waals surface area contributed by atoms with E-state index in [9.17, 15) is 22.8 Å². The molecule has 0 bridgehead atoms. The van der Waals surface area contributed by atoms with Crippen LogP contribution < -0.4 is 5.73 Å². The Bertz CT molecular complexity index is 1220. The molecule has 0 aliphatic heterocycles. The van der Waals surface area contributed by atoms with Crippen LogP contribution >= 0.6 is 11.6 Å². The van der Waals surface area contributed by atoms with Gasteiger partial charge >= 0.3 is 0 Å². The zero-order chi connectivity index (χ0) is 23.9. The molecule has 2 amide bonds. The largest absolute Gasteiger partial charge is 0.368 e. The van der Waals surface area contributed by atoms with Crippen molar-refractivity contribution in [2.75, 3.05) is 13.6 Å². The number of rotatable bonds is 8. The van der Waals surface area contributed by atoms with E-state index >= 15 is 0 Å². The Morgan fingerprint density at radius 1 is 1.33 bits per heavy atom. The number of benzene rings is 1. The smallest absolute Gasteiger partial charge is 0.280 e. The van der Waals surface area contributed by atoms with Gasteiger partial charge in [-0.05, 0) is 36.6 Å². The molecule has 33 heavy (non-hydrogen) atoms. The number of nitrogens with zero attached hydrogens (tertiary/aromatic N) is 5. The standard InChI is InChI=1S/C20H18ClF3N6O3/c1-29(8-15(25)31)16(32)9-30-14(17(23)24)7-13(27-30)18-26-19(28-33-18)20(4-5-20)11-3-2-10(22)6-12(11)21/h2-3,6-7,17H,4-5,8-9H2,1H3,(H2,25,31). The second-order valence-corrected chi connectivity index (χ2v) is 8.17. The zero-order valence-corrected chi connectivity index (χ0v) is 18.0. The van der Waals surface area contributed by atoms with E-state index in [0.29, 0.717) is 18.4 Å². The first-order valence-corrected chi connectivity index (χ1v) is 10.2. The Labute approximate surface area is 190 Å². The summed E-state index contributed by atoms with van der Waals surface area (Å²) >= 11 is 6.20. The van der Waals surface area contributed by atoms with Gasteiger partial charge in [-0.3, -0.25) is 14.3 Å². The number of nitrogens with two attached hydrogens (primary N) is 1. The Morgan fingerprint density at radius 3 is 2.67 bits per heavy atom. The number of alkyl halides is 2. The molecular formula is C20H18ClF3N6O3. The van der Waals surface area contributed by atoms with E-state index in [1.807, 2.05) is 0 Å². The van der Waals surface area contributed by atoms with Crippen LogP contribution in [0, 0.1) is 5.82 Å². The molecule has 1 saturated carbocycles. The minimum Gasteiger partial charge on any atom is -0.368 e. The van der Waals surface area contributed by atoms with E-state index in [1.54, 1.807) is 6.07 Å². The van der Waals surface area contributed by atoms with Crippen LogP contribution in [-0.4, -0.2) is 50.2 Å². The molecule has 0 unspecified atom stereocenters. The first-order chi connectivity index (χ1) is 15.6. The van der Waals surface area contributed by atoms with Gasteiger partial charge in [0.15, 0.2) is 11.5 Å². The van der Waals surface area contributed by atoms with Gasteiger partial charge in [0.25, 0.3) is 12.3 Å². The van der Waals surface area contributed by atoms with Crippen molar-refractivity contribution in [3.05, 3.63) is 52.2 Å². The summed E-state index contributed by atoms with van der Waals surface area (Å²) in [5, 5.41) is 8.22. The summed E-state index contributed by atoms with van der Waals surface area (Å²) < 4.78 is 46.6. The molecule has 0 spiro atoms. The number of aromatic nitrogens is 4. The normalized spacial score (nSPS) is 14.5. The molecule has 0 radical (unpaired) electrons. The van der Waals surface area contributed by atoms with E-state index in [2.05, 4.69) is 15.2 Å². The lowest BCUT2D eigenvalue weighted by atomic mass is 9.95. The topological polar surface area (TPSA) is 120 Å². The van der Waals surface area contributed by atoms with Gasteiger partial charge in [-0.15, -0.1) is 0 Å². The van der Waals surface area contributed by atoms with Gasteiger partial charge < -0.3 is 15.2 Å². The molecule has 2 N–H and O–H groups in total. The van der Waals surface area contributed by atoms with Gasteiger partial charge in [0.2, 0.25) is 11.8 Å². The Balaban J connectivity index is 1.61. The summed E-state index contributed by atoms with van der Waals surface area (Å²) in [6, 6.07) is 5.08. The summed E-state index contributed by atoms with van der Waals surface area (Å²) in [4.78, 5) is 28.6. The molecule has 0 saturated heterocycles. The third-order valence-electron chi connectivity index (χ3n) is 5.41. The summed E-state index contributed by atoms with van der Waals surface area (Å²) in [5.41, 5.74) is 4.45. The molecule has 1 aliphatic carbocycles. The molecule has 1 aromatic carbocycles. The Hall–Kier alpha value is -3.41. The molecule has 1 fully saturated rings. The van der Waals surface area contributed by atoms with Crippen LogP contribution in [0.1, 0.15) is 36.3 Å². The van der Waals surface area contributed by atoms with Gasteiger partial charge in [0.05, 0.1) is 12.0 Å². The van der Waals surface area contributed by atoms with Gasteiger partial charge in [0.1, 0.15) is 18.1 Å². The van der Waals surface area contributed by atoms with Crippen molar-refractivity contribution in [2.24, 2.45) is 5.73 Å². The van der Waals surface area contributed by atoms with Gasteiger partial charge in [-0.2, -0.15) is 10.1 Å². The summed E-state index contributed by atoms with van der Waals surface area (Å²) in [5.74, 6) is -1.70. The monoisotopic (exact) mass is 482 g/mol. The molecule has 174 valence electrons. The second kappa shape index (κ2) is 8.50. The fourth-order valence-corrected chi connectivity index (χ4v) is 3.89. The fraction of sp³-hybridized carbons (Fsp3) is 0.350. The van der Waals surface area contributed by atoms with Gasteiger partial charge in [-0.1, -0.05) is 22.8 Å².